The molecule has 1 aliphatic heterocycles. The molecule has 0 bridgehead atoms. The Morgan fingerprint density at radius 2 is 1.31 bits per heavy atom. The highest BCUT2D eigenvalue weighted by Crippen LogP contribution is 2.43. The molecule has 1 aliphatic rings. The molecule has 8 unspecified atom stereocenters. The van der Waals surface area contributed by atoms with E-state index in [4.69, 9.17) is 23.8 Å². The number of rotatable bonds is 38. The quantitative estimate of drug-likeness (QED) is 0.0151. The first kappa shape index (κ1) is 55.3. The van der Waals surface area contributed by atoms with Crippen LogP contribution in [0.2, 0.25) is 0 Å². The second-order valence-electron chi connectivity index (χ2n) is 16.0. The second kappa shape index (κ2) is 35.8. The van der Waals surface area contributed by atoms with Crippen LogP contribution >= 0.6 is 7.82 Å². The van der Waals surface area contributed by atoms with Crippen LogP contribution in [0, 0.1) is 5.92 Å². The number of esters is 2. The predicted octanol–water partition coefficient (Wildman–Crippen LogP) is 7.89. The molecule has 14 nitrogen and oxygen atoms in total. The average molecular weight is 865 g/mol. The number of carbonyl (C=O) groups excluding carboxylic acids is 2. The summed E-state index contributed by atoms with van der Waals surface area (Å²) in [6, 6.07) is 0. The molecule has 0 saturated carbocycles. The van der Waals surface area contributed by atoms with Gasteiger partial charge in [-0.2, -0.15) is 0 Å². The van der Waals surface area contributed by atoms with E-state index in [-0.39, 0.29) is 25.2 Å². The van der Waals surface area contributed by atoms with Crippen molar-refractivity contribution in [3.63, 3.8) is 0 Å². The van der Waals surface area contributed by atoms with Crippen molar-refractivity contribution in [2.75, 3.05) is 26.4 Å². The molecule has 6 N–H and O–H groups in total. The first-order chi connectivity index (χ1) is 28.4. The highest BCUT2D eigenvalue weighted by atomic mass is 31.2. The molecule has 59 heavy (non-hydrogen) atoms. The number of allylic oxidation sites excluding steroid dienone is 2. The molecule has 1 saturated heterocycles. The van der Waals surface area contributed by atoms with Crippen LogP contribution in [0.1, 0.15) is 174 Å². The first-order valence-electron chi connectivity index (χ1n) is 22.7. The van der Waals surface area contributed by atoms with E-state index in [1.54, 1.807) is 12.2 Å². The Labute approximate surface area is 354 Å². The smallest absolute Gasteiger partial charge is 0.462 e. The zero-order valence-electron chi connectivity index (χ0n) is 36.3. The summed E-state index contributed by atoms with van der Waals surface area (Å²) in [5, 5.41) is 49.3. The van der Waals surface area contributed by atoms with Gasteiger partial charge in [0.25, 0.3) is 0 Å². The molecule has 0 radical (unpaired) electrons. The summed E-state index contributed by atoms with van der Waals surface area (Å²) in [5.41, 5.74) is 0. The number of phosphoric ester groups is 1. The monoisotopic (exact) mass is 865 g/mol. The zero-order chi connectivity index (χ0) is 43.6. The van der Waals surface area contributed by atoms with E-state index in [2.05, 4.69) is 18.4 Å². The number of unbranched alkanes of at least 4 members (excludes halogenated alkanes) is 17. The number of carbonyl (C=O) groups is 2. The summed E-state index contributed by atoms with van der Waals surface area (Å²) in [7, 11) is -4.69. The summed E-state index contributed by atoms with van der Waals surface area (Å²) in [6.45, 7) is 1.97. The Balaban J connectivity index is 2.49. The van der Waals surface area contributed by atoms with Crippen molar-refractivity contribution in [3.05, 3.63) is 24.3 Å². The molecule has 1 rings (SSSR count). The maximum absolute atomic E-state index is 12.7. The van der Waals surface area contributed by atoms with Crippen LogP contribution < -0.4 is 0 Å². The third-order valence-corrected chi connectivity index (χ3v) is 11.4. The lowest BCUT2D eigenvalue weighted by Crippen LogP contribution is -2.43. The molecule has 0 amide bonds. The van der Waals surface area contributed by atoms with Gasteiger partial charge in [-0.15, -0.1) is 0 Å². The lowest BCUT2D eigenvalue weighted by molar-refractivity contribution is -0.199. The minimum absolute atomic E-state index is 0.00741. The molecule has 0 spiro atoms. The Morgan fingerprint density at radius 1 is 0.746 bits per heavy atom. The van der Waals surface area contributed by atoms with E-state index < -0.39 is 83.0 Å². The molecule has 0 aromatic rings. The van der Waals surface area contributed by atoms with Crippen molar-refractivity contribution in [3.8, 4) is 0 Å². The van der Waals surface area contributed by atoms with Gasteiger partial charge in [-0.25, -0.2) is 4.57 Å². The summed E-state index contributed by atoms with van der Waals surface area (Å²) in [4.78, 5) is 35.2. The highest BCUT2D eigenvalue weighted by molar-refractivity contribution is 7.47. The van der Waals surface area contributed by atoms with E-state index in [1.807, 2.05) is 12.2 Å². The molecular weight excluding hydrogens is 783 g/mol. The SMILES string of the molecule is CCCCCCCCCCCCCCCCCC(=O)OCC(COP(=O)(O)OCC(O)CO)OC(=O)CCC/C=C\CC1C(O)CC(O)OC1/C=C/C(O)CCCCC. The van der Waals surface area contributed by atoms with Gasteiger partial charge in [0, 0.05) is 25.2 Å². The van der Waals surface area contributed by atoms with E-state index in [1.165, 1.54) is 70.6 Å². The molecule has 1 fully saturated rings. The van der Waals surface area contributed by atoms with Crippen molar-refractivity contribution < 1.29 is 67.8 Å². The van der Waals surface area contributed by atoms with Gasteiger partial charge in [-0.05, 0) is 32.1 Å². The molecule has 346 valence electrons. The Morgan fingerprint density at radius 3 is 1.92 bits per heavy atom. The van der Waals surface area contributed by atoms with Gasteiger partial charge in [0.1, 0.15) is 12.7 Å². The van der Waals surface area contributed by atoms with Crippen LogP contribution in [-0.2, 0) is 37.4 Å². The Bertz CT molecular complexity index is 1150. The average Bonchev–Trinajstić information content (AvgIpc) is 3.20. The largest absolute Gasteiger partial charge is 0.472 e. The van der Waals surface area contributed by atoms with Crippen molar-refractivity contribution in [2.45, 2.75) is 211 Å². The van der Waals surface area contributed by atoms with Gasteiger partial charge in [0.2, 0.25) is 0 Å². The Kier molecular flexibility index (Phi) is 33.6. The van der Waals surface area contributed by atoms with E-state index in [9.17, 15) is 39.5 Å². The highest BCUT2D eigenvalue weighted by Gasteiger charge is 2.35. The van der Waals surface area contributed by atoms with Gasteiger partial charge >= 0.3 is 19.8 Å². The van der Waals surface area contributed by atoms with Gasteiger partial charge < -0.3 is 44.6 Å². The van der Waals surface area contributed by atoms with E-state index >= 15 is 0 Å². The minimum Gasteiger partial charge on any atom is -0.462 e. The number of phosphoric acid groups is 1. The summed E-state index contributed by atoms with van der Waals surface area (Å²) in [6.07, 6.45) is 24.7. The number of hydrogen-bond donors (Lipinski definition) is 6. The maximum atomic E-state index is 12.7. The second-order valence-corrected chi connectivity index (χ2v) is 17.4. The predicted molar refractivity (Wildman–Crippen MR) is 227 cm³/mol. The van der Waals surface area contributed by atoms with Crippen LogP contribution in [0.15, 0.2) is 24.3 Å². The molecule has 0 aromatic heterocycles. The minimum atomic E-state index is -4.69. The lowest BCUT2D eigenvalue weighted by atomic mass is 9.87. The van der Waals surface area contributed by atoms with Crippen molar-refractivity contribution in [2.24, 2.45) is 5.92 Å². The topological polar surface area (TPSA) is 219 Å². The fraction of sp³-hybridized carbons (Fsp3) is 0.864. The number of aliphatic hydroxyl groups excluding tert-OH is 5. The van der Waals surface area contributed by atoms with Gasteiger partial charge in [-0.3, -0.25) is 18.6 Å². The molecule has 15 heteroatoms. The first-order valence-corrected chi connectivity index (χ1v) is 24.2. The summed E-state index contributed by atoms with van der Waals surface area (Å²) < 4.78 is 38.4. The fourth-order valence-corrected chi connectivity index (χ4v) is 7.59. The third kappa shape index (κ3) is 30.9. The van der Waals surface area contributed by atoms with Crippen LogP contribution in [-0.4, -0.2) is 106 Å². The zero-order valence-corrected chi connectivity index (χ0v) is 37.1. The molecule has 0 aliphatic carbocycles. The summed E-state index contributed by atoms with van der Waals surface area (Å²) >= 11 is 0. The Hall–Kier alpha value is -1.71. The molecule has 8 atom stereocenters. The maximum Gasteiger partial charge on any atom is 0.472 e. The fourth-order valence-electron chi connectivity index (χ4n) is 6.80. The summed E-state index contributed by atoms with van der Waals surface area (Å²) in [5.74, 6) is -1.45. The van der Waals surface area contributed by atoms with E-state index in [0.29, 0.717) is 32.1 Å². The molecule has 0 aromatic carbocycles. The molecule has 1 heterocycles. The van der Waals surface area contributed by atoms with Crippen molar-refractivity contribution in [1.29, 1.82) is 0 Å². The molecular formula is C44H81O14P. The standard InChI is InChI=1S/C44H81O14P/c1-3-5-7-8-9-10-11-12-13-14-15-16-17-18-23-27-42(49)54-34-38(35-56-59(52,53)55-33-37(47)32-45)57-43(50)28-24-20-19-22-26-39-40(48)31-44(51)58-41(39)30-29-36(46)25-21-6-4-2/h19,22,29-30,36-41,44-48,51H,3-18,20-21,23-28,31-35H2,1-2H3,(H,52,53)/b22-19-,30-29+. The third-order valence-electron chi connectivity index (χ3n) is 10.4. The van der Waals surface area contributed by atoms with E-state index in [0.717, 1.165) is 38.5 Å². The van der Waals surface area contributed by atoms with Crippen LogP contribution in [0.25, 0.3) is 0 Å². The van der Waals surface area contributed by atoms with Gasteiger partial charge in [0.15, 0.2) is 12.4 Å². The van der Waals surface area contributed by atoms with Crippen LogP contribution in [0.4, 0.5) is 0 Å². The van der Waals surface area contributed by atoms with Gasteiger partial charge in [-0.1, -0.05) is 147 Å². The van der Waals surface area contributed by atoms with Crippen molar-refractivity contribution in [1.82, 2.24) is 0 Å². The number of ether oxygens (including phenoxy) is 3. The van der Waals surface area contributed by atoms with Crippen LogP contribution in [0.5, 0.6) is 0 Å². The lowest BCUT2D eigenvalue weighted by Gasteiger charge is -2.36. The normalized spacial score (nSPS) is 21.1. The number of aliphatic hydroxyl groups is 5. The van der Waals surface area contributed by atoms with Crippen LogP contribution in [0.3, 0.4) is 0 Å². The van der Waals surface area contributed by atoms with Crippen molar-refractivity contribution >= 4 is 19.8 Å². The van der Waals surface area contributed by atoms with Gasteiger partial charge in [0.05, 0.1) is 38.1 Å². The number of hydrogen-bond acceptors (Lipinski definition) is 13.